The van der Waals surface area contributed by atoms with Crippen LogP contribution in [0.1, 0.15) is 48.3 Å². The number of halogens is 1. The Kier molecular flexibility index (Phi) is 5.00. The topological polar surface area (TPSA) is 32.3 Å². The molecule has 0 bridgehead atoms. The number of likely N-dealkylation sites (tertiary alicyclic amines) is 1. The van der Waals surface area contributed by atoms with Crippen LogP contribution in [0.15, 0.2) is 48.5 Å². The van der Waals surface area contributed by atoms with Crippen molar-refractivity contribution in [3.05, 3.63) is 71.0 Å². The lowest BCUT2D eigenvalue weighted by Crippen LogP contribution is -2.41. The minimum atomic E-state index is -0.180. The van der Waals surface area contributed by atoms with Gasteiger partial charge in [0.25, 0.3) is 0 Å². The van der Waals surface area contributed by atoms with E-state index < -0.39 is 0 Å². The largest absolute Gasteiger partial charge is 0.359 e. The van der Waals surface area contributed by atoms with Gasteiger partial charge in [0.05, 0.1) is 0 Å². The Labute approximate surface area is 160 Å². The van der Waals surface area contributed by atoms with Gasteiger partial charge in [0, 0.05) is 20.0 Å². The molecule has 1 spiro atoms. The molecule has 1 N–H and O–H groups in total. The van der Waals surface area contributed by atoms with E-state index in [-0.39, 0.29) is 17.1 Å². The molecule has 142 valence electrons. The van der Waals surface area contributed by atoms with Crippen molar-refractivity contribution in [3.63, 3.8) is 0 Å². The zero-order valence-corrected chi connectivity index (χ0v) is 15.9. The average molecular weight is 366 g/mol. The van der Waals surface area contributed by atoms with Gasteiger partial charge in [-0.05, 0) is 72.5 Å². The zero-order chi connectivity index (χ0) is 18.9. The van der Waals surface area contributed by atoms with Gasteiger partial charge in [-0.25, -0.2) is 4.39 Å². The molecule has 0 radical (unpaired) electrons. The van der Waals surface area contributed by atoms with Crippen LogP contribution in [0.3, 0.4) is 0 Å². The van der Waals surface area contributed by atoms with Crippen molar-refractivity contribution in [3.8, 4) is 0 Å². The third-order valence-electron chi connectivity index (χ3n) is 6.45. The van der Waals surface area contributed by atoms with Crippen LogP contribution in [0.4, 0.5) is 4.39 Å². The number of piperidine rings is 1. The fourth-order valence-corrected chi connectivity index (χ4v) is 5.00. The molecule has 1 unspecified atom stereocenters. The summed E-state index contributed by atoms with van der Waals surface area (Å²) in [5, 5.41) is 2.78. The molecule has 1 amide bonds. The van der Waals surface area contributed by atoms with E-state index in [2.05, 4.69) is 34.5 Å². The second-order valence-electron chi connectivity index (χ2n) is 8.05. The van der Waals surface area contributed by atoms with Gasteiger partial charge in [-0.1, -0.05) is 36.4 Å². The summed E-state index contributed by atoms with van der Waals surface area (Å²) in [6.07, 6.45) is 3.89. The predicted octanol–water partition coefficient (Wildman–Crippen LogP) is 3.98. The van der Waals surface area contributed by atoms with E-state index in [0.717, 1.165) is 44.5 Å². The molecule has 0 aromatic heterocycles. The number of rotatable bonds is 4. The molecular formula is C23H27FN2O. The fraction of sp³-hybridized carbons (Fsp3) is 0.435. The minimum absolute atomic E-state index is 0.126. The van der Waals surface area contributed by atoms with Gasteiger partial charge in [0.15, 0.2) is 0 Å². The van der Waals surface area contributed by atoms with Gasteiger partial charge in [-0.15, -0.1) is 0 Å². The number of carbonyl (C=O) groups is 1. The molecule has 4 rings (SSSR count). The van der Waals surface area contributed by atoms with E-state index in [4.69, 9.17) is 0 Å². The van der Waals surface area contributed by atoms with E-state index in [1.54, 1.807) is 7.05 Å². The normalized spacial score (nSPS) is 21.2. The van der Waals surface area contributed by atoms with Crippen LogP contribution in [0.2, 0.25) is 0 Å². The molecule has 2 aromatic rings. The summed E-state index contributed by atoms with van der Waals surface area (Å²) in [6, 6.07) is 15.5. The number of carbonyl (C=O) groups excluding carboxylic acids is 1. The van der Waals surface area contributed by atoms with E-state index in [0.29, 0.717) is 12.3 Å². The smallest absolute Gasteiger partial charge is 0.220 e. The van der Waals surface area contributed by atoms with Gasteiger partial charge >= 0.3 is 0 Å². The Morgan fingerprint density at radius 2 is 1.85 bits per heavy atom. The average Bonchev–Trinajstić information content (AvgIpc) is 2.99. The van der Waals surface area contributed by atoms with Gasteiger partial charge in [0.1, 0.15) is 5.82 Å². The van der Waals surface area contributed by atoms with Crippen LogP contribution in [-0.2, 0) is 16.8 Å². The van der Waals surface area contributed by atoms with Crippen LogP contribution in [0.25, 0.3) is 0 Å². The summed E-state index contributed by atoms with van der Waals surface area (Å²) in [7, 11) is 1.72. The van der Waals surface area contributed by atoms with E-state index in [1.165, 1.54) is 23.3 Å². The number of hydrogen-bond acceptors (Lipinski definition) is 2. The summed E-state index contributed by atoms with van der Waals surface area (Å²) in [4.78, 5) is 14.4. The zero-order valence-electron chi connectivity index (χ0n) is 15.9. The molecule has 1 aliphatic heterocycles. The fourth-order valence-electron chi connectivity index (χ4n) is 5.00. The van der Waals surface area contributed by atoms with Gasteiger partial charge in [-0.3, -0.25) is 9.69 Å². The summed E-state index contributed by atoms with van der Waals surface area (Å²) in [5.74, 6) is 0.270. The monoisotopic (exact) mass is 366 g/mol. The second kappa shape index (κ2) is 7.43. The van der Waals surface area contributed by atoms with Crippen molar-refractivity contribution in [2.45, 2.75) is 43.6 Å². The van der Waals surface area contributed by atoms with Crippen LogP contribution in [-0.4, -0.2) is 30.9 Å². The Balaban J connectivity index is 1.47. The Bertz CT molecular complexity index is 809. The van der Waals surface area contributed by atoms with Crippen LogP contribution in [0, 0.1) is 5.82 Å². The van der Waals surface area contributed by atoms with Gasteiger partial charge in [-0.2, -0.15) is 0 Å². The number of hydrogen-bond donors (Lipinski definition) is 1. The first-order valence-electron chi connectivity index (χ1n) is 9.86. The van der Waals surface area contributed by atoms with E-state index in [9.17, 15) is 9.18 Å². The molecule has 1 fully saturated rings. The molecule has 2 aromatic carbocycles. The maximum Gasteiger partial charge on any atom is 0.220 e. The third-order valence-corrected chi connectivity index (χ3v) is 6.45. The van der Waals surface area contributed by atoms with Crippen LogP contribution in [0.5, 0.6) is 0 Å². The highest BCUT2D eigenvalue weighted by atomic mass is 19.1. The third kappa shape index (κ3) is 3.63. The Morgan fingerprint density at radius 1 is 1.15 bits per heavy atom. The standard InChI is InChI=1S/C23H27FN2O/c1-25-22(27)14-18-15-23(21-5-3-2-4-20(18)21)10-12-26(13-11-23)16-17-6-8-19(24)9-7-17/h2-9,18H,10-16H2,1H3,(H,25,27). The minimum Gasteiger partial charge on any atom is -0.359 e. The highest BCUT2D eigenvalue weighted by molar-refractivity contribution is 5.77. The molecule has 0 saturated carbocycles. The quantitative estimate of drug-likeness (QED) is 0.888. The second-order valence-corrected chi connectivity index (χ2v) is 8.05. The van der Waals surface area contributed by atoms with Crippen molar-refractivity contribution in [2.75, 3.05) is 20.1 Å². The molecule has 1 heterocycles. The lowest BCUT2D eigenvalue weighted by molar-refractivity contribution is -0.121. The van der Waals surface area contributed by atoms with Gasteiger partial charge in [0.2, 0.25) is 5.91 Å². The SMILES string of the molecule is CNC(=O)CC1CC2(CCN(Cc3ccc(F)cc3)CC2)c2ccccc21. The first-order chi connectivity index (χ1) is 13.1. The number of nitrogens with zero attached hydrogens (tertiary/aromatic N) is 1. The lowest BCUT2D eigenvalue weighted by atomic mass is 9.73. The molecule has 3 nitrogen and oxygen atoms in total. The maximum atomic E-state index is 13.1. The summed E-state index contributed by atoms with van der Waals surface area (Å²) in [6.45, 7) is 2.95. The van der Waals surface area contributed by atoms with Gasteiger partial charge < -0.3 is 5.32 Å². The van der Waals surface area contributed by atoms with Crippen molar-refractivity contribution in [2.24, 2.45) is 0 Å². The molecule has 2 aliphatic rings. The van der Waals surface area contributed by atoms with E-state index >= 15 is 0 Å². The molecule has 1 aliphatic carbocycles. The summed E-state index contributed by atoms with van der Waals surface area (Å²) in [5.41, 5.74) is 4.19. The lowest BCUT2D eigenvalue weighted by Gasteiger charge is -2.40. The first kappa shape index (κ1) is 18.2. The number of nitrogens with one attached hydrogen (secondary N) is 1. The molecule has 1 atom stereocenters. The van der Waals surface area contributed by atoms with E-state index in [1.807, 2.05) is 12.1 Å². The summed E-state index contributed by atoms with van der Waals surface area (Å²) < 4.78 is 13.1. The molecular weight excluding hydrogens is 339 g/mol. The van der Waals surface area contributed by atoms with Crippen LogP contribution >= 0.6 is 0 Å². The van der Waals surface area contributed by atoms with Crippen LogP contribution < -0.4 is 5.32 Å². The Morgan fingerprint density at radius 3 is 2.56 bits per heavy atom. The van der Waals surface area contributed by atoms with Crippen molar-refractivity contribution in [1.82, 2.24) is 10.2 Å². The Hall–Kier alpha value is -2.20. The highest BCUT2D eigenvalue weighted by Gasteiger charge is 2.45. The van der Waals surface area contributed by atoms with Crippen molar-refractivity contribution >= 4 is 5.91 Å². The maximum absolute atomic E-state index is 13.1. The summed E-state index contributed by atoms with van der Waals surface area (Å²) >= 11 is 0. The first-order valence-corrected chi connectivity index (χ1v) is 9.86. The van der Waals surface area contributed by atoms with Crippen molar-refractivity contribution in [1.29, 1.82) is 0 Å². The molecule has 1 saturated heterocycles. The number of benzene rings is 2. The number of amides is 1. The molecule has 4 heteroatoms. The highest BCUT2D eigenvalue weighted by Crippen LogP contribution is 2.52. The number of fused-ring (bicyclic) bond motifs is 2. The predicted molar refractivity (Wildman–Crippen MR) is 105 cm³/mol. The molecule has 27 heavy (non-hydrogen) atoms. The van der Waals surface area contributed by atoms with Crippen molar-refractivity contribution < 1.29 is 9.18 Å².